The van der Waals surface area contributed by atoms with Gasteiger partial charge in [0.05, 0.1) is 11.8 Å². The minimum atomic E-state index is 0.227. The van der Waals surface area contributed by atoms with E-state index < -0.39 is 0 Å². The van der Waals surface area contributed by atoms with Gasteiger partial charge in [-0.05, 0) is 19.8 Å². The molecule has 1 aromatic heterocycles. The molecule has 0 amide bonds. The van der Waals surface area contributed by atoms with E-state index in [2.05, 4.69) is 44.3 Å². The Morgan fingerprint density at radius 3 is 2.79 bits per heavy atom. The summed E-state index contributed by atoms with van der Waals surface area (Å²) in [5.74, 6) is 0. The molecule has 4 heteroatoms. The van der Waals surface area contributed by atoms with Crippen molar-refractivity contribution in [2.75, 3.05) is 6.61 Å². The van der Waals surface area contributed by atoms with Crippen LogP contribution in [0.2, 0.25) is 0 Å². The van der Waals surface area contributed by atoms with Gasteiger partial charge in [-0.2, -0.15) is 5.10 Å². The molecule has 1 aromatic rings. The van der Waals surface area contributed by atoms with E-state index in [9.17, 15) is 0 Å². The lowest BCUT2D eigenvalue weighted by Gasteiger charge is -2.52. The smallest absolute Gasteiger partial charge is 0.0666 e. The van der Waals surface area contributed by atoms with E-state index in [-0.39, 0.29) is 5.41 Å². The van der Waals surface area contributed by atoms with Gasteiger partial charge >= 0.3 is 0 Å². The zero-order valence-corrected chi connectivity index (χ0v) is 12.9. The largest absolute Gasteiger partial charge is 0.378 e. The van der Waals surface area contributed by atoms with E-state index in [1.807, 2.05) is 11.7 Å². The second-order valence-corrected chi connectivity index (χ2v) is 6.06. The van der Waals surface area contributed by atoms with Crippen LogP contribution in [-0.2, 0) is 24.8 Å². The third-order valence-electron chi connectivity index (χ3n) is 4.41. The number of nitrogens with zero attached hydrogens (tertiary/aromatic N) is 2. The van der Waals surface area contributed by atoms with Crippen LogP contribution in [0.25, 0.3) is 0 Å². The summed E-state index contributed by atoms with van der Waals surface area (Å²) < 4.78 is 7.68. The highest BCUT2D eigenvalue weighted by atomic mass is 16.5. The van der Waals surface area contributed by atoms with Crippen molar-refractivity contribution < 1.29 is 4.74 Å². The molecule has 108 valence electrons. The molecule has 1 saturated carbocycles. The van der Waals surface area contributed by atoms with Crippen molar-refractivity contribution in [3.05, 3.63) is 17.5 Å². The van der Waals surface area contributed by atoms with Crippen molar-refractivity contribution in [2.45, 2.75) is 59.2 Å². The van der Waals surface area contributed by atoms with Crippen LogP contribution in [0.4, 0.5) is 0 Å². The lowest BCUT2D eigenvalue weighted by Crippen LogP contribution is -2.60. The molecule has 1 heterocycles. The number of aromatic nitrogens is 2. The van der Waals surface area contributed by atoms with Gasteiger partial charge in [0.25, 0.3) is 0 Å². The quantitative estimate of drug-likeness (QED) is 0.857. The molecule has 0 radical (unpaired) electrons. The summed E-state index contributed by atoms with van der Waals surface area (Å²) in [6.45, 7) is 10.5. The normalized spacial score (nSPS) is 25.3. The fourth-order valence-electron chi connectivity index (χ4n) is 2.98. The van der Waals surface area contributed by atoms with Crippen LogP contribution in [0.5, 0.6) is 0 Å². The SMILES string of the molecule is CCOC1CC(NCc2cn(C)nc2CC)C1(C)C. The van der Waals surface area contributed by atoms with E-state index in [0.29, 0.717) is 12.1 Å². The van der Waals surface area contributed by atoms with Crippen LogP contribution >= 0.6 is 0 Å². The van der Waals surface area contributed by atoms with Crippen molar-refractivity contribution in [1.29, 1.82) is 0 Å². The Labute approximate surface area is 116 Å². The topological polar surface area (TPSA) is 39.1 Å². The predicted octanol–water partition coefficient (Wildman–Crippen LogP) is 2.28. The molecule has 1 N–H and O–H groups in total. The molecule has 2 rings (SSSR count). The number of hydrogen-bond donors (Lipinski definition) is 1. The van der Waals surface area contributed by atoms with Crippen LogP contribution in [0.15, 0.2) is 6.20 Å². The van der Waals surface area contributed by atoms with Gasteiger partial charge in [0.15, 0.2) is 0 Å². The third-order valence-corrected chi connectivity index (χ3v) is 4.41. The fourth-order valence-corrected chi connectivity index (χ4v) is 2.98. The van der Waals surface area contributed by atoms with Gasteiger partial charge in [-0.15, -0.1) is 0 Å². The van der Waals surface area contributed by atoms with E-state index >= 15 is 0 Å². The Balaban J connectivity index is 1.90. The lowest BCUT2D eigenvalue weighted by molar-refractivity contribution is -0.114. The molecule has 19 heavy (non-hydrogen) atoms. The molecule has 0 bridgehead atoms. The molecule has 2 atom stereocenters. The summed E-state index contributed by atoms with van der Waals surface area (Å²) in [5.41, 5.74) is 2.75. The van der Waals surface area contributed by atoms with Gasteiger partial charge in [0.2, 0.25) is 0 Å². The number of nitrogens with one attached hydrogen (secondary N) is 1. The van der Waals surface area contributed by atoms with Gasteiger partial charge in [-0.3, -0.25) is 4.68 Å². The second-order valence-electron chi connectivity index (χ2n) is 6.06. The molecular formula is C15H27N3O. The first-order valence-corrected chi connectivity index (χ1v) is 7.35. The van der Waals surface area contributed by atoms with Crippen molar-refractivity contribution >= 4 is 0 Å². The Morgan fingerprint density at radius 2 is 2.21 bits per heavy atom. The standard InChI is InChI=1S/C15H27N3O/c1-6-12-11(10-18(5)17-12)9-16-13-8-14(19-7-2)15(13,3)4/h10,13-14,16H,6-9H2,1-5H3. The first kappa shape index (κ1) is 14.5. The van der Waals surface area contributed by atoms with Gasteiger partial charge < -0.3 is 10.1 Å². The molecular weight excluding hydrogens is 238 g/mol. The molecule has 4 nitrogen and oxygen atoms in total. The Morgan fingerprint density at radius 1 is 1.47 bits per heavy atom. The summed E-state index contributed by atoms with van der Waals surface area (Å²) >= 11 is 0. The zero-order valence-electron chi connectivity index (χ0n) is 12.9. The van der Waals surface area contributed by atoms with Gasteiger partial charge in [-0.1, -0.05) is 20.8 Å². The van der Waals surface area contributed by atoms with Crippen LogP contribution in [0.3, 0.4) is 0 Å². The maximum atomic E-state index is 5.77. The summed E-state index contributed by atoms with van der Waals surface area (Å²) in [5, 5.41) is 8.15. The number of rotatable bonds is 6. The summed E-state index contributed by atoms with van der Waals surface area (Å²) in [4.78, 5) is 0. The average molecular weight is 265 g/mol. The highest BCUT2D eigenvalue weighted by Crippen LogP contribution is 2.42. The average Bonchev–Trinajstić information content (AvgIpc) is 2.73. The number of aryl methyl sites for hydroxylation is 2. The molecule has 0 aromatic carbocycles. The molecule has 0 aliphatic heterocycles. The van der Waals surface area contributed by atoms with E-state index in [4.69, 9.17) is 4.74 Å². The Kier molecular flexibility index (Phi) is 4.31. The Hall–Kier alpha value is -0.870. The zero-order chi connectivity index (χ0) is 14.0. The molecule has 1 aliphatic rings. The van der Waals surface area contributed by atoms with Crippen LogP contribution in [-0.4, -0.2) is 28.5 Å². The molecule has 1 aliphatic carbocycles. The predicted molar refractivity (Wildman–Crippen MR) is 77.0 cm³/mol. The lowest BCUT2D eigenvalue weighted by atomic mass is 9.64. The van der Waals surface area contributed by atoms with Crippen molar-refractivity contribution in [2.24, 2.45) is 12.5 Å². The minimum absolute atomic E-state index is 0.227. The van der Waals surface area contributed by atoms with Crippen LogP contribution in [0.1, 0.15) is 45.4 Å². The fraction of sp³-hybridized carbons (Fsp3) is 0.800. The molecule has 0 spiro atoms. The van der Waals surface area contributed by atoms with Gasteiger partial charge in [-0.25, -0.2) is 0 Å². The van der Waals surface area contributed by atoms with E-state index in [0.717, 1.165) is 26.0 Å². The minimum Gasteiger partial charge on any atom is -0.378 e. The summed E-state index contributed by atoms with van der Waals surface area (Å²) in [6, 6.07) is 0.536. The molecule has 1 fully saturated rings. The second kappa shape index (κ2) is 5.63. The highest BCUT2D eigenvalue weighted by molar-refractivity contribution is 5.17. The van der Waals surface area contributed by atoms with Crippen molar-refractivity contribution in [3.63, 3.8) is 0 Å². The first-order valence-electron chi connectivity index (χ1n) is 7.35. The van der Waals surface area contributed by atoms with Crippen molar-refractivity contribution in [1.82, 2.24) is 15.1 Å². The summed E-state index contributed by atoms with van der Waals surface area (Å²) in [7, 11) is 1.99. The van der Waals surface area contributed by atoms with Gasteiger partial charge in [0, 0.05) is 43.4 Å². The first-order chi connectivity index (χ1) is 8.98. The molecule has 2 unspecified atom stereocenters. The maximum absolute atomic E-state index is 5.77. The van der Waals surface area contributed by atoms with E-state index in [1.165, 1.54) is 11.3 Å². The summed E-state index contributed by atoms with van der Waals surface area (Å²) in [6.07, 6.45) is 4.63. The van der Waals surface area contributed by atoms with Crippen molar-refractivity contribution in [3.8, 4) is 0 Å². The van der Waals surface area contributed by atoms with Crippen LogP contribution < -0.4 is 5.32 Å². The number of hydrogen-bond acceptors (Lipinski definition) is 3. The molecule has 0 saturated heterocycles. The maximum Gasteiger partial charge on any atom is 0.0666 e. The van der Waals surface area contributed by atoms with Crippen LogP contribution in [0, 0.1) is 5.41 Å². The monoisotopic (exact) mass is 265 g/mol. The van der Waals surface area contributed by atoms with Gasteiger partial charge in [0.1, 0.15) is 0 Å². The third kappa shape index (κ3) is 2.84. The number of ether oxygens (including phenoxy) is 1. The highest BCUT2D eigenvalue weighted by Gasteiger charge is 2.48. The Bertz CT molecular complexity index is 425. The van der Waals surface area contributed by atoms with E-state index in [1.54, 1.807) is 0 Å².